The molecule has 1 nitrogen and oxygen atoms in total. The number of thiol groups is 2. The summed E-state index contributed by atoms with van der Waals surface area (Å²) < 4.78 is 0. The molecule has 0 aromatic heterocycles. The summed E-state index contributed by atoms with van der Waals surface area (Å²) in [5.74, 6) is 0.972. The average Bonchev–Trinajstić information content (AvgIpc) is 1.82. The molecule has 0 aliphatic heterocycles. The summed E-state index contributed by atoms with van der Waals surface area (Å²) in [6, 6.07) is 0. The summed E-state index contributed by atoms with van der Waals surface area (Å²) in [4.78, 5) is 0. The fourth-order valence-electron chi connectivity index (χ4n) is 0.705. The van der Waals surface area contributed by atoms with E-state index in [9.17, 15) is 0 Å². The first-order valence-electron chi connectivity index (χ1n) is 3.19. The Balaban J connectivity index is 3.41. The van der Waals surface area contributed by atoms with Gasteiger partial charge >= 0.3 is 0 Å². The van der Waals surface area contributed by atoms with E-state index in [1.165, 1.54) is 0 Å². The second-order valence-corrected chi connectivity index (χ2v) is 3.04. The predicted molar refractivity (Wildman–Crippen MR) is 47.2 cm³/mol. The minimum atomic E-state index is -0.498. The summed E-state index contributed by atoms with van der Waals surface area (Å²) in [5.41, 5.74) is -0.498. The second-order valence-electron chi connectivity index (χ2n) is 2.14. The largest absolute Gasteiger partial charge is 0.382 e. The van der Waals surface area contributed by atoms with Gasteiger partial charge in [-0.15, -0.1) is 12.6 Å². The van der Waals surface area contributed by atoms with Crippen LogP contribution in [-0.4, -0.2) is 16.3 Å². The second kappa shape index (κ2) is 5.45. The highest BCUT2D eigenvalue weighted by Crippen LogP contribution is 2.15. The number of aliphatic hydroxyl groups is 1. The van der Waals surface area contributed by atoms with Gasteiger partial charge in [0.15, 0.2) is 0 Å². The van der Waals surface area contributed by atoms with Crippen LogP contribution >= 0.6 is 25.3 Å². The number of hydrogen-bond acceptors (Lipinski definition) is 3. The van der Waals surface area contributed by atoms with Crippen molar-refractivity contribution >= 4 is 25.3 Å². The Kier molecular flexibility index (Phi) is 5.84. The van der Waals surface area contributed by atoms with Gasteiger partial charge in [-0.25, -0.2) is 0 Å². The fraction of sp³-hybridized carbons (Fsp3) is 1.00. The maximum absolute atomic E-state index is 8.96. The summed E-state index contributed by atoms with van der Waals surface area (Å²) in [6.07, 6.45) is 2.09. The Morgan fingerprint density at radius 2 is 2.11 bits per heavy atom. The molecule has 0 saturated heterocycles. The van der Waals surface area contributed by atoms with E-state index in [0.717, 1.165) is 18.6 Å². The zero-order valence-corrected chi connectivity index (χ0v) is 7.41. The molecule has 0 radical (unpaired) electrons. The third kappa shape index (κ3) is 4.12. The van der Waals surface area contributed by atoms with E-state index < -0.39 is 5.44 Å². The van der Waals surface area contributed by atoms with Crippen molar-refractivity contribution in [3.63, 3.8) is 0 Å². The van der Waals surface area contributed by atoms with Crippen LogP contribution in [0.25, 0.3) is 0 Å². The third-order valence-electron chi connectivity index (χ3n) is 1.32. The highest BCUT2D eigenvalue weighted by Gasteiger charge is 2.11. The lowest BCUT2D eigenvalue weighted by Gasteiger charge is -2.14. The fourth-order valence-corrected chi connectivity index (χ4v) is 1.51. The van der Waals surface area contributed by atoms with Crippen LogP contribution in [0.5, 0.6) is 0 Å². The topological polar surface area (TPSA) is 20.2 Å². The Morgan fingerprint density at radius 3 is 2.22 bits per heavy atom. The maximum Gasteiger partial charge on any atom is 0.100 e. The van der Waals surface area contributed by atoms with E-state index in [1.54, 1.807) is 0 Å². The zero-order chi connectivity index (χ0) is 7.28. The molecule has 1 N–H and O–H groups in total. The van der Waals surface area contributed by atoms with E-state index in [4.69, 9.17) is 5.11 Å². The first-order valence-corrected chi connectivity index (χ1v) is 4.34. The molecule has 3 heteroatoms. The van der Waals surface area contributed by atoms with E-state index >= 15 is 0 Å². The SMILES string of the molecule is CCCC(CS)C(O)S. The average molecular weight is 166 g/mol. The third-order valence-corrected chi connectivity index (χ3v) is 2.21. The van der Waals surface area contributed by atoms with Crippen molar-refractivity contribution in [3.8, 4) is 0 Å². The minimum Gasteiger partial charge on any atom is -0.382 e. The van der Waals surface area contributed by atoms with Gasteiger partial charge in [-0.05, 0) is 12.2 Å². The number of rotatable bonds is 4. The first kappa shape index (κ1) is 9.66. The van der Waals surface area contributed by atoms with Gasteiger partial charge in [0.05, 0.1) is 0 Å². The molecule has 9 heavy (non-hydrogen) atoms. The molecule has 56 valence electrons. The van der Waals surface area contributed by atoms with Crippen LogP contribution in [0.1, 0.15) is 19.8 Å². The molecule has 0 bridgehead atoms. The molecule has 2 unspecified atom stereocenters. The van der Waals surface area contributed by atoms with Gasteiger partial charge in [-0.1, -0.05) is 13.3 Å². The molecule has 0 spiro atoms. The van der Waals surface area contributed by atoms with Crippen LogP contribution < -0.4 is 0 Å². The predicted octanol–water partition coefficient (Wildman–Crippen LogP) is 1.58. The maximum atomic E-state index is 8.96. The molecule has 0 aliphatic rings. The molecule has 2 atom stereocenters. The van der Waals surface area contributed by atoms with Gasteiger partial charge in [0, 0.05) is 5.92 Å². The van der Waals surface area contributed by atoms with Crippen LogP contribution in [-0.2, 0) is 0 Å². The lowest BCUT2D eigenvalue weighted by Crippen LogP contribution is -2.15. The summed E-state index contributed by atoms with van der Waals surface area (Å²) in [7, 11) is 0. The lowest BCUT2D eigenvalue weighted by atomic mass is 10.1. The van der Waals surface area contributed by atoms with Crippen LogP contribution in [0.3, 0.4) is 0 Å². The van der Waals surface area contributed by atoms with Crippen LogP contribution in [0, 0.1) is 5.92 Å². The molecule has 0 aromatic rings. The van der Waals surface area contributed by atoms with Crippen molar-refractivity contribution in [2.45, 2.75) is 25.2 Å². The van der Waals surface area contributed by atoms with Crippen LogP contribution in [0.4, 0.5) is 0 Å². The van der Waals surface area contributed by atoms with Gasteiger partial charge in [0.1, 0.15) is 5.44 Å². The van der Waals surface area contributed by atoms with E-state index in [0.29, 0.717) is 0 Å². The Labute approximate surface area is 67.7 Å². The smallest absolute Gasteiger partial charge is 0.100 e. The van der Waals surface area contributed by atoms with Crippen molar-refractivity contribution in [3.05, 3.63) is 0 Å². The van der Waals surface area contributed by atoms with Gasteiger partial charge in [-0.3, -0.25) is 0 Å². The lowest BCUT2D eigenvalue weighted by molar-refractivity contribution is 0.200. The molecule has 0 fully saturated rings. The van der Waals surface area contributed by atoms with Crippen molar-refractivity contribution in [1.29, 1.82) is 0 Å². The van der Waals surface area contributed by atoms with Gasteiger partial charge in [0.25, 0.3) is 0 Å². The summed E-state index contributed by atoms with van der Waals surface area (Å²) in [6.45, 7) is 2.09. The highest BCUT2D eigenvalue weighted by molar-refractivity contribution is 7.81. The van der Waals surface area contributed by atoms with Crippen molar-refractivity contribution in [1.82, 2.24) is 0 Å². The summed E-state index contributed by atoms with van der Waals surface area (Å²) >= 11 is 7.99. The molecule has 0 aromatic carbocycles. The minimum absolute atomic E-state index is 0.252. The van der Waals surface area contributed by atoms with Crippen molar-refractivity contribution in [2.75, 3.05) is 5.75 Å². The monoisotopic (exact) mass is 166 g/mol. The normalized spacial score (nSPS) is 17.3. The van der Waals surface area contributed by atoms with Crippen LogP contribution in [0.2, 0.25) is 0 Å². The van der Waals surface area contributed by atoms with E-state index in [1.807, 2.05) is 0 Å². The standard InChI is InChI=1S/C6H14OS2/c1-2-3-5(4-8)6(7)9/h5-9H,2-4H2,1H3. The van der Waals surface area contributed by atoms with Crippen LogP contribution in [0.15, 0.2) is 0 Å². The quantitative estimate of drug-likeness (QED) is 0.428. The van der Waals surface area contributed by atoms with E-state index in [-0.39, 0.29) is 5.92 Å². The Hall–Kier alpha value is 0.660. The molecule has 0 heterocycles. The number of hydrogen-bond donors (Lipinski definition) is 3. The molecular formula is C6H14OS2. The zero-order valence-electron chi connectivity index (χ0n) is 5.62. The van der Waals surface area contributed by atoms with Gasteiger partial charge < -0.3 is 5.11 Å². The first-order chi connectivity index (χ1) is 4.22. The Morgan fingerprint density at radius 1 is 1.56 bits per heavy atom. The Bertz CT molecular complexity index is 66.1. The molecular weight excluding hydrogens is 152 g/mol. The van der Waals surface area contributed by atoms with E-state index in [2.05, 4.69) is 32.2 Å². The van der Waals surface area contributed by atoms with Crippen molar-refractivity contribution in [2.24, 2.45) is 5.92 Å². The highest BCUT2D eigenvalue weighted by atomic mass is 32.1. The molecule has 0 amide bonds. The number of aliphatic hydroxyl groups excluding tert-OH is 1. The van der Waals surface area contributed by atoms with Crippen molar-refractivity contribution < 1.29 is 5.11 Å². The summed E-state index contributed by atoms with van der Waals surface area (Å²) in [5, 5.41) is 8.96. The molecule has 0 rings (SSSR count). The van der Waals surface area contributed by atoms with Gasteiger partial charge in [0.2, 0.25) is 0 Å². The van der Waals surface area contributed by atoms with Gasteiger partial charge in [-0.2, -0.15) is 12.6 Å². The molecule has 0 saturated carbocycles. The molecule has 0 aliphatic carbocycles.